The van der Waals surface area contributed by atoms with E-state index in [-0.39, 0.29) is 11.5 Å². The fourth-order valence-electron chi connectivity index (χ4n) is 1.60. The lowest BCUT2D eigenvalue weighted by Crippen LogP contribution is -2.39. The molecular formula is C11H20N2O. The van der Waals surface area contributed by atoms with E-state index in [0.29, 0.717) is 0 Å². The molecule has 80 valence electrons. The maximum atomic E-state index is 5.50. The van der Waals surface area contributed by atoms with Gasteiger partial charge in [-0.25, -0.2) is 0 Å². The van der Waals surface area contributed by atoms with Gasteiger partial charge in [-0.05, 0) is 24.0 Å². The third kappa shape index (κ3) is 3.94. The number of nitrogens with two attached hydrogens (primary N) is 1. The van der Waals surface area contributed by atoms with Crippen LogP contribution in [0.1, 0.15) is 33.0 Å². The van der Waals surface area contributed by atoms with E-state index in [2.05, 4.69) is 26.2 Å². The van der Waals surface area contributed by atoms with Crippen LogP contribution in [-0.4, -0.2) is 6.04 Å². The van der Waals surface area contributed by atoms with E-state index >= 15 is 0 Å². The van der Waals surface area contributed by atoms with Gasteiger partial charge in [-0.15, -0.1) is 0 Å². The Hall–Kier alpha value is -0.800. The second-order valence-electron chi connectivity index (χ2n) is 4.91. The van der Waals surface area contributed by atoms with E-state index < -0.39 is 0 Å². The zero-order valence-electron chi connectivity index (χ0n) is 9.21. The predicted octanol–water partition coefficient (Wildman–Crippen LogP) is 2.09. The van der Waals surface area contributed by atoms with Crippen molar-refractivity contribution in [1.82, 2.24) is 5.43 Å². The molecule has 0 aliphatic rings. The summed E-state index contributed by atoms with van der Waals surface area (Å²) in [7, 11) is 0. The van der Waals surface area contributed by atoms with Gasteiger partial charge < -0.3 is 4.42 Å². The van der Waals surface area contributed by atoms with Crippen LogP contribution >= 0.6 is 0 Å². The van der Waals surface area contributed by atoms with Gasteiger partial charge in [0.25, 0.3) is 0 Å². The molecule has 0 aliphatic carbocycles. The van der Waals surface area contributed by atoms with Crippen molar-refractivity contribution in [2.24, 2.45) is 11.3 Å². The molecule has 14 heavy (non-hydrogen) atoms. The van der Waals surface area contributed by atoms with Gasteiger partial charge in [0.05, 0.1) is 6.26 Å². The lowest BCUT2D eigenvalue weighted by molar-refractivity contribution is 0.299. The van der Waals surface area contributed by atoms with Gasteiger partial charge in [0.15, 0.2) is 0 Å². The van der Waals surface area contributed by atoms with Crippen LogP contribution < -0.4 is 11.3 Å². The van der Waals surface area contributed by atoms with Gasteiger partial charge in [0, 0.05) is 12.5 Å². The predicted molar refractivity (Wildman–Crippen MR) is 57.6 cm³/mol. The molecular weight excluding hydrogens is 176 g/mol. The zero-order chi connectivity index (χ0) is 10.6. The fraction of sp³-hybridized carbons (Fsp3) is 0.636. The molecule has 1 atom stereocenters. The highest BCUT2D eigenvalue weighted by Gasteiger charge is 2.18. The number of rotatable bonds is 4. The molecule has 0 fully saturated rings. The first-order valence-corrected chi connectivity index (χ1v) is 5.00. The molecule has 0 aliphatic heterocycles. The molecule has 0 bridgehead atoms. The molecule has 0 saturated heterocycles. The summed E-state index contributed by atoms with van der Waals surface area (Å²) in [6, 6.07) is 4.16. The summed E-state index contributed by atoms with van der Waals surface area (Å²) >= 11 is 0. The van der Waals surface area contributed by atoms with Gasteiger partial charge in [-0.2, -0.15) is 0 Å². The van der Waals surface area contributed by atoms with Crippen LogP contribution in [0.2, 0.25) is 0 Å². The van der Waals surface area contributed by atoms with Crippen LogP contribution in [0.3, 0.4) is 0 Å². The average molecular weight is 196 g/mol. The second-order valence-corrected chi connectivity index (χ2v) is 4.91. The van der Waals surface area contributed by atoms with Crippen LogP contribution in [0.25, 0.3) is 0 Å². The average Bonchev–Trinajstić information content (AvgIpc) is 2.53. The summed E-state index contributed by atoms with van der Waals surface area (Å²) in [5.74, 6) is 6.49. The van der Waals surface area contributed by atoms with Crippen LogP contribution in [0, 0.1) is 5.41 Å². The quantitative estimate of drug-likeness (QED) is 0.572. The van der Waals surface area contributed by atoms with Crippen LogP contribution in [0.5, 0.6) is 0 Å². The van der Waals surface area contributed by atoms with E-state index in [1.807, 2.05) is 12.1 Å². The van der Waals surface area contributed by atoms with Crippen molar-refractivity contribution in [3.63, 3.8) is 0 Å². The van der Waals surface area contributed by atoms with Crippen molar-refractivity contribution in [3.8, 4) is 0 Å². The largest absolute Gasteiger partial charge is 0.469 e. The first-order chi connectivity index (χ1) is 6.51. The van der Waals surface area contributed by atoms with E-state index in [1.54, 1.807) is 6.26 Å². The first kappa shape index (κ1) is 11.3. The summed E-state index contributed by atoms with van der Waals surface area (Å²) in [6.07, 6.45) is 3.57. The Morgan fingerprint density at radius 2 is 2.21 bits per heavy atom. The Morgan fingerprint density at radius 1 is 1.50 bits per heavy atom. The van der Waals surface area contributed by atoms with E-state index in [4.69, 9.17) is 10.3 Å². The third-order valence-electron chi connectivity index (χ3n) is 2.12. The smallest absolute Gasteiger partial charge is 0.105 e. The van der Waals surface area contributed by atoms with Crippen molar-refractivity contribution in [1.29, 1.82) is 0 Å². The van der Waals surface area contributed by atoms with Crippen molar-refractivity contribution in [2.45, 2.75) is 39.7 Å². The lowest BCUT2D eigenvalue weighted by atomic mass is 9.87. The van der Waals surface area contributed by atoms with Crippen LogP contribution in [-0.2, 0) is 6.42 Å². The Morgan fingerprint density at radius 3 is 2.64 bits per heavy atom. The SMILES string of the molecule is CC(C)(C)CC(Cc1ccco1)NN. The van der Waals surface area contributed by atoms with Gasteiger partial charge in [0.2, 0.25) is 0 Å². The minimum atomic E-state index is 0.279. The van der Waals surface area contributed by atoms with Crippen molar-refractivity contribution < 1.29 is 4.42 Å². The third-order valence-corrected chi connectivity index (χ3v) is 2.12. The number of hydrazine groups is 1. The molecule has 1 unspecified atom stereocenters. The van der Waals surface area contributed by atoms with Crippen molar-refractivity contribution in [2.75, 3.05) is 0 Å². The lowest BCUT2D eigenvalue weighted by Gasteiger charge is -2.24. The number of nitrogens with one attached hydrogen (secondary N) is 1. The molecule has 1 aromatic heterocycles. The number of hydrogen-bond acceptors (Lipinski definition) is 3. The summed E-state index contributed by atoms with van der Waals surface area (Å²) in [6.45, 7) is 6.62. The molecule has 3 heteroatoms. The number of hydrogen-bond donors (Lipinski definition) is 2. The van der Waals surface area contributed by atoms with Gasteiger partial charge in [-0.3, -0.25) is 11.3 Å². The standard InChI is InChI=1S/C11H20N2O/c1-11(2,3)8-9(13-12)7-10-5-4-6-14-10/h4-6,9,13H,7-8,12H2,1-3H3. The molecule has 3 nitrogen and oxygen atoms in total. The van der Waals surface area contributed by atoms with E-state index in [0.717, 1.165) is 18.6 Å². The normalized spacial score (nSPS) is 14.3. The minimum Gasteiger partial charge on any atom is -0.469 e. The molecule has 0 radical (unpaired) electrons. The maximum Gasteiger partial charge on any atom is 0.105 e. The molecule has 3 N–H and O–H groups in total. The monoisotopic (exact) mass is 196 g/mol. The first-order valence-electron chi connectivity index (χ1n) is 5.00. The van der Waals surface area contributed by atoms with Crippen molar-refractivity contribution in [3.05, 3.63) is 24.2 Å². The topological polar surface area (TPSA) is 51.2 Å². The Bertz CT molecular complexity index is 249. The molecule has 0 aromatic carbocycles. The maximum absolute atomic E-state index is 5.50. The molecule has 1 heterocycles. The Labute approximate surface area is 85.6 Å². The Balaban J connectivity index is 2.47. The fourth-order valence-corrected chi connectivity index (χ4v) is 1.60. The highest BCUT2D eigenvalue weighted by atomic mass is 16.3. The highest BCUT2D eigenvalue weighted by Crippen LogP contribution is 2.22. The Kier molecular flexibility index (Phi) is 3.72. The molecule has 0 amide bonds. The van der Waals surface area contributed by atoms with E-state index in [1.165, 1.54) is 0 Å². The zero-order valence-corrected chi connectivity index (χ0v) is 9.21. The van der Waals surface area contributed by atoms with Gasteiger partial charge >= 0.3 is 0 Å². The summed E-state index contributed by atoms with van der Waals surface area (Å²) in [5, 5.41) is 0. The van der Waals surface area contributed by atoms with Gasteiger partial charge in [-0.1, -0.05) is 20.8 Å². The highest BCUT2D eigenvalue weighted by molar-refractivity contribution is 5.00. The molecule has 1 aromatic rings. The summed E-state index contributed by atoms with van der Waals surface area (Å²) in [4.78, 5) is 0. The van der Waals surface area contributed by atoms with Crippen LogP contribution in [0.15, 0.2) is 22.8 Å². The molecule has 0 spiro atoms. The minimum absolute atomic E-state index is 0.279. The van der Waals surface area contributed by atoms with Crippen molar-refractivity contribution >= 4 is 0 Å². The van der Waals surface area contributed by atoms with Crippen LogP contribution in [0.4, 0.5) is 0 Å². The second kappa shape index (κ2) is 4.62. The van der Waals surface area contributed by atoms with E-state index in [9.17, 15) is 0 Å². The summed E-state index contributed by atoms with van der Waals surface area (Å²) in [5.41, 5.74) is 3.12. The molecule has 1 rings (SSSR count). The molecule has 0 saturated carbocycles. The van der Waals surface area contributed by atoms with Gasteiger partial charge in [0.1, 0.15) is 5.76 Å². The summed E-state index contributed by atoms with van der Waals surface area (Å²) < 4.78 is 5.28. The number of furan rings is 1.